The van der Waals surface area contributed by atoms with Crippen molar-refractivity contribution in [2.45, 2.75) is 31.7 Å². The van der Waals surface area contributed by atoms with Gasteiger partial charge in [0, 0.05) is 31.4 Å². The average molecular weight is 592 g/mol. The van der Waals surface area contributed by atoms with E-state index in [9.17, 15) is 19.6 Å². The summed E-state index contributed by atoms with van der Waals surface area (Å²) in [4.78, 5) is 47.5. The molecule has 3 aliphatic heterocycles. The smallest absolute Gasteiger partial charge is 0.429 e. The summed E-state index contributed by atoms with van der Waals surface area (Å²) in [7, 11) is 0. The summed E-state index contributed by atoms with van der Waals surface area (Å²) in [5.74, 6) is 0.551. The number of nitrogens with one attached hydrogen (secondary N) is 3. The van der Waals surface area contributed by atoms with Crippen molar-refractivity contribution in [1.29, 1.82) is 5.26 Å². The van der Waals surface area contributed by atoms with Crippen molar-refractivity contribution >= 4 is 68.1 Å². The largest absolute Gasteiger partial charge is 0.453 e. The van der Waals surface area contributed by atoms with Gasteiger partial charge in [-0.1, -0.05) is 17.7 Å². The molecule has 4 amide bonds. The van der Waals surface area contributed by atoms with Gasteiger partial charge in [0.25, 0.3) is 11.8 Å². The average Bonchev–Trinajstić information content (AvgIpc) is 3.53. The summed E-state index contributed by atoms with van der Waals surface area (Å²) in [5.41, 5.74) is 1.58. The molecule has 3 N–H and O–H groups in total. The van der Waals surface area contributed by atoms with Crippen molar-refractivity contribution in [3.05, 3.63) is 45.9 Å². The number of carbonyl (C=O) groups is 3. The zero-order valence-corrected chi connectivity index (χ0v) is 23.2. The van der Waals surface area contributed by atoms with E-state index in [2.05, 4.69) is 15.6 Å². The number of halogens is 1. The highest BCUT2D eigenvalue weighted by atomic mass is 35.5. The van der Waals surface area contributed by atoms with E-state index >= 15 is 0 Å². The first-order chi connectivity index (χ1) is 19.9. The van der Waals surface area contributed by atoms with Crippen LogP contribution in [-0.4, -0.2) is 53.7 Å². The van der Waals surface area contributed by atoms with Crippen LogP contribution >= 0.6 is 22.9 Å². The van der Waals surface area contributed by atoms with Gasteiger partial charge in [-0.3, -0.25) is 14.9 Å². The van der Waals surface area contributed by atoms with Gasteiger partial charge in [0.1, 0.15) is 26.4 Å². The second-order valence-electron chi connectivity index (χ2n) is 10.4. The summed E-state index contributed by atoms with van der Waals surface area (Å²) >= 11 is 7.75. The Morgan fingerprint density at radius 1 is 1.27 bits per heavy atom. The predicted molar refractivity (Wildman–Crippen MR) is 150 cm³/mol. The fourth-order valence-corrected chi connectivity index (χ4v) is 6.86. The molecule has 3 aromatic rings. The van der Waals surface area contributed by atoms with E-state index in [1.54, 1.807) is 35.4 Å². The molecule has 11 nitrogen and oxygen atoms in total. The zero-order valence-electron chi connectivity index (χ0n) is 21.7. The van der Waals surface area contributed by atoms with E-state index in [-0.39, 0.29) is 30.2 Å². The minimum absolute atomic E-state index is 0.0240. The molecule has 5 heterocycles. The summed E-state index contributed by atoms with van der Waals surface area (Å²) in [6.07, 6.45) is 6.76. The Hall–Kier alpha value is -4.18. The Morgan fingerprint density at radius 2 is 2.12 bits per heavy atom. The third-order valence-corrected chi connectivity index (χ3v) is 9.10. The molecule has 4 aliphatic rings. The molecule has 1 saturated carbocycles. The van der Waals surface area contributed by atoms with Gasteiger partial charge in [-0.2, -0.15) is 10.2 Å². The van der Waals surface area contributed by atoms with Crippen LogP contribution in [0.3, 0.4) is 0 Å². The minimum atomic E-state index is -0.427. The van der Waals surface area contributed by atoms with Crippen molar-refractivity contribution in [2.75, 3.05) is 25.2 Å². The number of carbonyl (C=O) groups excluding carboxylic acids is 3. The lowest BCUT2D eigenvalue weighted by Crippen LogP contribution is -3.07. The fourth-order valence-electron chi connectivity index (χ4n) is 5.59. The van der Waals surface area contributed by atoms with E-state index in [0.717, 1.165) is 12.8 Å². The van der Waals surface area contributed by atoms with Crippen LogP contribution in [0.15, 0.2) is 36.0 Å². The van der Waals surface area contributed by atoms with Gasteiger partial charge in [-0.15, -0.1) is 11.3 Å². The minimum Gasteiger partial charge on any atom is -0.453 e. The number of piperidine rings is 1. The van der Waals surface area contributed by atoms with E-state index in [0.29, 0.717) is 85.4 Å². The zero-order chi connectivity index (χ0) is 28.2. The number of thiophene rings is 1. The number of quaternary nitrogens is 1. The van der Waals surface area contributed by atoms with Crippen molar-refractivity contribution in [3.63, 3.8) is 0 Å². The van der Waals surface area contributed by atoms with Crippen LogP contribution in [0.5, 0.6) is 11.5 Å². The Kier molecular flexibility index (Phi) is 6.30. The van der Waals surface area contributed by atoms with Crippen LogP contribution in [0.4, 0.5) is 21.9 Å². The molecular formula is C28H24ClN6O5S+. The highest BCUT2D eigenvalue weighted by Gasteiger charge is 2.42. The number of nitriles is 1. The SMILES string of the molecule is N#C/C(=C\C1CC1)C(=O)N1CCC[C@@H](NC(=O)c2sc3nccc4c3c2NC(=O)[NH+]4c2c(Cl)ccc3c2OCO3)C1. The maximum absolute atomic E-state index is 13.6. The number of rotatable bonds is 5. The van der Waals surface area contributed by atoms with Crippen LogP contribution in [0.1, 0.15) is 35.4 Å². The number of anilines is 1. The molecule has 7 rings (SSSR count). The van der Waals surface area contributed by atoms with Gasteiger partial charge in [-0.25, -0.2) is 9.78 Å². The van der Waals surface area contributed by atoms with E-state index in [4.69, 9.17) is 21.1 Å². The summed E-state index contributed by atoms with van der Waals surface area (Å²) in [6.45, 7) is 0.865. The van der Waals surface area contributed by atoms with E-state index in [1.807, 2.05) is 6.07 Å². The summed E-state index contributed by atoms with van der Waals surface area (Å²) in [6, 6.07) is 6.40. The van der Waals surface area contributed by atoms with Crippen molar-refractivity contribution in [1.82, 2.24) is 15.2 Å². The van der Waals surface area contributed by atoms with Crippen LogP contribution < -0.4 is 25.0 Å². The lowest BCUT2D eigenvalue weighted by Gasteiger charge is -2.33. The molecule has 1 aliphatic carbocycles. The highest BCUT2D eigenvalue weighted by Crippen LogP contribution is 2.45. The number of hydrogen-bond donors (Lipinski definition) is 3. The summed E-state index contributed by atoms with van der Waals surface area (Å²) in [5, 5.41) is 16.4. The Balaban J connectivity index is 1.17. The molecule has 208 valence electrons. The quantitative estimate of drug-likeness (QED) is 0.304. The van der Waals surface area contributed by atoms with Crippen molar-refractivity contribution in [2.24, 2.45) is 5.92 Å². The number of ether oxygens (including phenoxy) is 2. The number of amides is 4. The Morgan fingerprint density at radius 3 is 2.93 bits per heavy atom. The third-order valence-electron chi connectivity index (χ3n) is 7.69. The number of allylic oxidation sites excluding steroid dienone is 1. The molecule has 41 heavy (non-hydrogen) atoms. The number of fused-ring (bicyclic) bond motifs is 1. The molecule has 2 atom stereocenters. The normalized spacial score (nSPS) is 21.4. The molecular weight excluding hydrogens is 568 g/mol. The number of pyridine rings is 1. The summed E-state index contributed by atoms with van der Waals surface area (Å²) < 4.78 is 11.2. The Bertz CT molecular complexity index is 1710. The maximum atomic E-state index is 13.6. The van der Waals surface area contributed by atoms with Crippen molar-refractivity contribution in [3.8, 4) is 17.6 Å². The second kappa shape index (κ2) is 10.0. The molecule has 13 heteroatoms. The number of benzene rings is 1. The molecule has 1 aromatic carbocycles. The lowest BCUT2D eigenvalue weighted by molar-refractivity contribution is -0.660. The number of hydrogen-bond acceptors (Lipinski definition) is 8. The molecule has 2 fully saturated rings. The predicted octanol–water partition coefficient (Wildman–Crippen LogP) is 3.65. The van der Waals surface area contributed by atoms with Crippen LogP contribution in [0.25, 0.3) is 10.2 Å². The standard InChI is InChI=1S/C28H23ClN6O5S/c29-17-5-6-19-23(40-13-39-19)22(17)35-18-7-8-31-26-20(18)21(33-28(35)38)24(41-26)25(36)32-16-2-1-9-34(12-16)27(37)15(11-30)10-14-3-4-14/h5-8,10,14,16H,1-4,9,12-13H2,(H,32,36)(H,33,38)/p+1/b15-10+/t16-/m1/s1. The lowest BCUT2D eigenvalue weighted by atomic mass is 10.0. The fraction of sp³-hybridized carbons (Fsp3) is 0.321. The molecule has 0 spiro atoms. The van der Waals surface area contributed by atoms with Gasteiger partial charge in [0.15, 0.2) is 11.4 Å². The first kappa shape index (κ1) is 25.8. The molecule has 2 aromatic heterocycles. The number of urea groups is 1. The number of likely N-dealkylation sites (tertiary alicyclic amines) is 1. The van der Waals surface area contributed by atoms with Gasteiger partial charge < -0.3 is 19.7 Å². The molecule has 1 unspecified atom stereocenters. The number of aromatic nitrogens is 1. The molecule has 1 saturated heterocycles. The van der Waals surface area contributed by atoms with Crippen LogP contribution in [0, 0.1) is 17.2 Å². The Labute approximate surface area is 243 Å². The maximum Gasteiger partial charge on any atom is 0.429 e. The highest BCUT2D eigenvalue weighted by molar-refractivity contribution is 7.21. The van der Waals surface area contributed by atoms with E-state index in [1.165, 1.54) is 11.3 Å². The third kappa shape index (κ3) is 4.46. The molecule has 0 radical (unpaired) electrons. The van der Waals surface area contributed by atoms with Gasteiger partial charge in [0.05, 0.1) is 11.1 Å². The van der Waals surface area contributed by atoms with Gasteiger partial charge >= 0.3 is 6.03 Å². The topological polar surface area (TPSA) is 138 Å². The van der Waals surface area contributed by atoms with Gasteiger partial charge in [-0.05, 0) is 43.7 Å². The second-order valence-corrected chi connectivity index (χ2v) is 11.8. The first-order valence-electron chi connectivity index (χ1n) is 13.3. The van der Waals surface area contributed by atoms with Crippen molar-refractivity contribution < 1.29 is 28.8 Å². The number of nitrogens with zero attached hydrogens (tertiary/aromatic N) is 3. The van der Waals surface area contributed by atoms with Crippen LogP contribution in [0.2, 0.25) is 5.02 Å². The first-order valence-corrected chi connectivity index (χ1v) is 14.5. The molecule has 0 bridgehead atoms. The van der Waals surface area contributed by atoms with Gasteiger partial charge in [0.2, 0.25) is 18.2 Å². The van der Waals surface area contributed by atoms with E-state index < -0.39 is 6.03 Å². The van der Waals surface area contributed by atoms with Crippen LogP contribution in [-0.2, 0) is 4.79 Å². The monoisotopic (exact) mass is 591 g/mol.